The minimum absolute atomic E-state index is 0.194. The number of nitrogens with one attached hydrogen (secondary N) is 1. The van der Waals surface area contributed by atoms with Gasteiger partial charge in [-0.05, 0) is 46.6 Å². The summed E-state index contributed by atoms with van der Waals surface area (Å²) in [4.78, 5) is 4.66. The molecule has 1 aromatic rings. The van der Waals surface area contributed by atoms with Crippen molar-refractivity contribution in [3.05, 3.63) is 17.5 Å². The maximum absolute atomic E-state index is 4.66. The third-order valence-electron chi connectivity index (χ3n) is 3.30. The number of amidine groups is 1. The molecule has 1 N–H and O–H groups in total. The van der Waals surface area contributed by atoms with Crippen molar-refractivity contribution in [3.63, 3.8) is 0 Å². The van der Waals surface area contributed by atoms with Crippen LogP contribution in [0.15, 0.2) is 11.1 Å². The lowest BCUT2D eigenvalue weighted by Gasteiger charge is -2.32. The molecule has 0 radical (unpaired) electrons. The molecule has 0 bridgehead atoms. The zero-order chi connectivity index (χ0) is 13.9. The van der Waals surface area contributed by atoms with Crippen LogP contribution in [0.5, 0.6) is 0 Å². The molecule has 1 aliphatic heterocycles. The van der Waals surface area contributed by atoms with Gasteiger partial charge in [0.05, 0.1) is 5.69 Å². The van der Waals surface area contributed by atoms with Crippen molar-refractivity contribution in [2.24, 2.45) is 4.99 Å². The van der Waals surface area contributed by atoms with Gasteiger partial charge in [-0.1, -0.05) is 11.8 Å². The fourth-order valence-corrected chi connectivity index (χ4v) is 3.52. The minimum atomic E-state index is 0.194. The van der Waals surface area contributed by atoms with E-state index < -0.39 is 0 Å². The highest BCUT2D eigenvalue weighted by Crippen LogP contribution is 2.21. The maximum Gasteiger partial charge on any atom is 0.156 e. The Kier molecular flexibility index (Phi) is 4.55. The second-order valence-corrected chi connectivity index (χ2v) is 6.88. The van der Waals surface area contributed by atoms with E-state index in [1.54, 1.807) is 0 Å². The van der Waals surface area contributed by atoms with Crippen LogP contribution in [0.25, 0.3) is 0 Å². The summed E-state index contributed by atoms with van der Waals surface area (Å²) in [5.41, 5.74) is 2.52. The van der Waals surface area contributed by atoms with Crippen LogP contribution in [0, 0.1) is 13.8 Å². The first-order valence-electron chi connectivity index (χ1n) is 6.93. The molecule has 5 heteroatoms. The van der Waals surface area contributed by atoms with E-state index in [9.17, 15) is 0 Å². The van der Waals surface area contributed by atoms with Crippen LogP contribution in [0.2, 0.25) is 0 Å². The van der Waals surface area contributed by atoms with Crippen LogP contribution in [0.4, 0.5) is 0 Å². The Morgan fingerprint density at radius 1 is 1.47 bits per heavy atom. The van der Waals surface area contributed by atoms with Gasteiger partial charge in [-0.2, -0.15) is 5.10 Å². The van der Waals surface area contributed by atoms with E-state index in [1.807, 2.05) is 18.7 Å². The molecule has 1 aromatic heterocycles. The van der Waals surface area contributed by atoms with E-state index in [1.165, 1.54) is 12.1 Å². The van der Waals surface area contributed by atoms with E-state index in [2.05, 4.69) is 46.9 Å². The van der Waals surface area contributed by atoms with Crippen LogP contribution >= 0.6 is 11.8 Å². The molecule has 0 spiro atoms. The van der Waals surface area contributed by atoms with Crippen molar-refractivity contribution >= 4 is 16.9 Å². The molecule has 0 aromatic carbocycles. The number of aromatic nitrogens is 2. The molecule has 2 rings (SSSR count). The second kappa shape index (κ2) is 5.99. The van der Waals surface area contributed by atoms with Gasteiger partial charge in [-0.15, -0.1) is 0 Å². The SMILES string of the molecule is Cc1cc(C)n(CCCN=C2NC(C)(C)CCS2)n1. The van der Waals surface area contributed by atoms with E-state index in [4.69, 9.17) is 0 Å². The van der Waals surface area contributed by atoms with E-state index >= 15 is 0 Å². The van der Waals surface area contributed by atoms with Gasteiger partial charge in [0.1, 0.15) is 0 Å². The van der Waals surface area contributed by atoms with Crippen LogP contribution in [-0.4, -0.2) is 32.8 Å². The third kappa shape index (κ3) is 4.27. The summed E-state index contributed by atoms with van der Waals surface area (Å²) in [6.07, 6.45) is 2.23. The average Bonchev–Trinajstić information content (AvgIpc) is 2.62. The summed E-state index contributed by atoms with van der Waals surface area (Å²) >= 11 is 1.84. The average molecular weight is 280 g/mol. The summed E-state index contributed by atoms with van der Waals surface area (Å²) in [5.74, 6) is 1.16. The van der Waals surface area contributed by atoms with Gasteiger partial charge >= 0.3 is 0 Å². The lowest BCUT2D eigenvalue weighted by Crippen LogP contribution is -2.46. The number of hydrogen-bond donors (Lipinski definition) is 1. The first-order valence-corrected chi connectivity index (χ1v) is 7.91. The summed E-state index contributed by atoms with van der Waals surface area (Å²) in [6.45, 7) is 10.4. The van der Waals surface area contributed by atoms with Crippen LogP contribution in [0.3, 0.4) is 0 Å². The lowest BCUT2D eigenvalue weighted by atomic mass is 10.0. The second-order valence-electron chi connectivity index (χ2n) is 5.80. The first-order chi connectivity index (χ1) is 8.96. The molecule has 0 saturated carbocycles. The molecule has 4 nitrogen and oxygen atoms in total. The van der Waals surface area contributed by atoms with Gasteiger partial charge in [-0.25, -0.2) is 0 Å². The Morgan fingerprint density at radius 2 is 2.26 bits per heavy atom. The first kappa shape index (κ1) is 14.4. The molecule has 19 heavy (non-hydrogen) atoms. The van der Waals surface area contributed by atoms with Crippen molar-refractivity contribution in [3.8, 4) is 0 Å². The Hall–Kier alpha value is -0.970. The molecule has 0 amide bonds. The van der Waals surface area contributed by atoms with Crippen LogP contribution in [0.1, 0.15) is 38.1 Å². The maximum atomic E-state index is 4.66. The normalized spacial score (nSPS) is 20.5. The Balaban J connectivity index is 1.79. The molecular weight excluding hydrogens is 256 g/mol. The van der Waals surface area contributed by atoms with Gasteiger partial charge in [0, 0.05) is 30.1 Å². The predicted octanol–water partition coefficient (Wildman–Crippen LogP) is 2.75. The Labute approximate surface area is 120 Å². The molecule has 0 aliphatic carbocycles. The topological polar surface area (TPSA) is 42.2 Å². The lowest BCUT2D eigenvalue weighted by molar-refractivity contribution is 0.446. The summed E-state index contributed by atoms with van der Waals surface area (Å²) in [5, 5.41) is 9.06. The minimum Gasteiger partial charge on any atom is -0.360 e. The molecule has 1 aliphatic rings. The summed E-state index contributed by atoms with van der Waals surface area (Å²) in [7, 11) is 0. The van der Waals surface area contributed by atoms with E-state index in [0.29, 0.717) is 0 Å². The molecule has 0 atom stereocenters. The molecule has 1 fully saturated rings. The number of hydrogen-bond acceptors (Lipinski definition) is 3. The quantitative estimate of drug-likeness (QED) is 0.862. The van der Waals surface area contributed by atoms with Crippen LogP contribution < -0.4 is 5.32 Å². The smallest absolute Gasteiger partial charge is 0.156 e. The number of thioether (sulfide) groups is 1. The molecule has 106 valence electrons. The van der Waals surface area contributed by atoms with Gasteiger partial charge in [-0.3, -0.25) is 9.67 Å². The van der Waals surface area contributed by atoms with Gasteiger partial charge < -0.3 is 5.32 Å². The molecule has 0 unspecified atom stereocenters. The van der Waals surface area contributed by atoms with Crippen molar-refractivity contribution in [1.29, 1.82) is 0 Å². The number of nitrogens with zero attached hydrogens (tertiary/aromatic N) is 3. The highest BCUT2D eigenvalue weighted by molar-refractivity contribution is 8.13. The van der Waals surface area contributed by atoms with Crippen molar-refractivity contribution in [1.82, 2.24) is 15.1 Å². The number of rotatable bonds is 4. The molecule has 2 heterocycles. The zero-order valence-corrected chi connectivity index (χ0v) is 13.2. The largest absolute Gasteiger partial charge is 0.360 e. The van der Waals surface area contributed by atoms with E-state index in [-0.39, 0.29) is 5.54 Å². The highest BCUT2D eigenvalue weighted by Gasteiger charge is 2.23. The van der Waals surface area contributed by atoms with Gasteiger partial charge in [0.2, 0.25) is 0 Å². The van der Waals surface area contributed by atoms with E-state index in [0.717, 1.165) is 36.1 Å². The fourth-order valence-electron chi connectivity index (χ4n) is 2.18. The zero-order valence-electron chi connectivity index (χ0n) is 12.4. The van der Waals surface area contributed by atoms with Gasteiger partial charge in [0.25, 0.3) is 0 Å². The summed E-state index contributed by atoms with van der Waals surface area (Å²) < 4.78 is 2.07. The van der Waals surface area contributed by atoms with Gasteiger partial charge in [0.15, 0.2) is 5.17 Å². The highest BCUT2D eigenvalue weighted by atomic mass is 32.2. The number of aryl methyl sites for hydroxylation is 3. The monoisotopic (exact) mass is 280 g/mol. The molecular formula is C14H24N4S. The standard InChI is InChI=1S/C14H24N4S/c1-11-10-12(2)18(17-11)8-5-7-15-13-16-14(3,4)6-9-19-13/h10H,5-9H2,1-4H3,(H,15,16). The summed E-state index contributed by atoms with van der Waals surface area (Å²) in [6, 6.07) is 2.12. The van der Waals surface area contributed by atoms with Crippen molar-refractivity contribution < 1.29 is 0 Å². The Bertz CT molecular complexity index is 462. The third-order valence-corrected chi connectivity index (χ3v) is 4.21. The van der Waals surface area contributed by atoms with Crippen molar-refractivity contribution in [2.75, 3.05) is 12.3 Å². The number of aliphatic imine (C=N–C) groups is 1. The Morgan fingerprint density at radius 3 is 2.89 bits per heavy atom. The van der Waals surface area contributed by atoms with Crippen LogP contribution in [-0.2, 0) is 6.54 Å². The predicted molar refractivity (Wildman–Crippen MR) is 82.9 cm³/mol. The van der Waals surface area contributed by atoms with Crippen molar-refractivity contribution in [2.45, 2.75) is 52.6 Å². The fraction of sp³-hybridized carbons (Fsp3) is 0.714. The molecule has 1 saturated heterocycles.